The van der Waals surface area contributed by atoms with E-state index in [2.05, 4.69) is 33.2 Å². The smallest absolute Gasteiger partial charge is 0.252 e. The number of hydrogen-bond donors (Lipinski definition) is 3. The third kappa shape index (κ3) is 5.56. The van der Waals surface area contributed by atoms with Crippen molar-refractivity contribution in [3.8, 4) is 0 Å². The summed E-state index contributed by atoms with van der Waals surface area (Å²) < 4.78 is 0.994. The number of halogens is 1. The van der Waals surface area contributed by atoms with Crippen LogP contribution in [0, 0.1) is 3.57 Å². The summed E-state index contributed by atoms with van der Waals surface area (Å²) in [4.78, 5) is 35.3. The van der Waals surface area contributed by atoms with E-state index in [-0.39, 0.29) is 5.91 Å². The lowest BCUT2D eigenvalue weighted by Gasteiger charge is -2.17. The van der Waals surface area contributed by atoms with Crippen LogP contribution < -0.4 is 16.4 Å². The van der Waals surface area contributed by atoms with Gasteiger partial charge in [-0.3, -0.25) is 14.4 Å². The largest absolute Gasteiger partial charge is 0.368 e. The molecule has 0 unspecified atom stereocenters. The first-order valence-corrected chi connectivity index (χ1v) is 8.66. The van der Waals surface area contributed by atoms with Crippen LogP contribution in [0.5, 0.6) is 0 Å². The number of nitrogens with one attached hydrogen (secondary N) is 2. The van der Waals surface area contributed by atoms with E-state index in [0.29, 0.717) is 17.7 Å². The molecule has 2 aromatic rings. The molecule has 0 aromatic heterocycles. The SMILES string of the molecule is CC(=O)Nc1cccc(C(=O)N[C@H](Cc2ccccc2I)C(N)=O)c1. The van der Waals surface area contributed by atoms with Crippen LogP contribution in [-0.2, 0) is 16.0 Å². The van der Waals surface area contributed by atoms with E-state index in [1.807, 2.05) is 24.3 Å². The molecule has 2 rings (SSSR count). The zero-order valence-corrected chi connectivity index (χ0v) is 15.7. The molecule has 0 saturated heterocycles. The Morgan fingerprint density at radius 3 is 2.48 bits per heavy atom. The molecule has 6 nitrogen and oxygen atoms in total. The van der Waals surface area contributed by atoms with E-state index in [4.69, 9.17) is 5.73 Å². The molecule has 0 radical (unpaired) electrons. The summed E-state index contributed by atoms with van der Waals surface area (Å²) in [6.45, 7) is 1.39. The van der Waals surface area contributed by atoms with E-state index in [9.17, 15) is 14.4 Å². The third-order valence-corrected chi connectivity index (χ3v) is 4.53. The molecule has 0 heterocycles. The van der Waals surface area contributed by atoms with Gasteiger partial charge in [0.25, 0.3) is 5.91 Å². The minimum absolute atomic E-state index is 0.230. The summed E-state index contributed by atoms with van der Waals surface area (Å²) in [6.07, 6.45) is 0.311. The normalized spacial score (nSPS) is 11.4. The number of amides is 3. The van der Waals surface area contributed by atoms with E-state index < -0.39 is 17.9 Å². The third-order valence-electron chi connectivity index (χ3n) is 3.48. The molecule has 2 aromatic carbocycles. The number of anilines is 1. The van der Waals surface area contributed by atoms with Gasteiger partial charge in [-0.2, -0.15) is 0 Å². The van der Waals surface area contributed by atoms with Crippen molar-refractivity contribution in [1.29, 1.82) is 0 Å². The van der Waals surface area contributed by atoms with Crippen molar-refractivity contribution >= 4 is 46.0 Å². The number of rotatable bonds is 6. The fourth-order valence-electron chi connectivity index (χ4n) is 2.29. The van der Waals surface area contributed by atoms with Crippen LogP contribution in [-0.4, -0.2) is 23.8 Å². The summed E-state index contributed by atoms with van der Waals surface area (Å²) in [5.74, 6) is -1.26. The van der Waals surface area contributed by atoms with Crippen LogP contribution in [0.3, 0.4) is 0 Å². The second kappa shape index (κ2) is 8.61. The maximum Gasteiger partial charge on any atom is 0.252 e. The standard InChI is InChI=1S/C18H18IN3O3/c1-11(23)21-14-7-4-6-13(9-14)18(25)22-16(17(20)24)10-12-5-2-3-8-15(12)19/h2-9,16H,10H2,1H3,(H2,20,24)(H,21,23)(H,22,25)/t16-/m1/s1. The van der Waals surface area contributed by atoms with E-state index in [0.717, 1.165) is 9.13 Å². The van der Waals surface area contributed by atoms with Crippen LogP contribution in [0.2, 0.25) is 0 Å². The Hall–Kier alpha value is -2.42. The number of carbonyl (C=O) groups excluding carboxylic acids is 3. The zero-order valence-electron chi connectivity index (χ0n) is 13.6. The van der Waals surface area contributed by atoms with Gasteiger partial charge in [0, 0.05) is 28.2 Å². The van der Waals surface area contributed by atoms with Gasteiger partial charge in [-0.1, -0.05) is 24.3 Å². The summed E-state index contributed by atoms with van der Waals surface area (Å²) in [7, 11) is 0. The topological polar surface area (TPSA) is 101 Å². The first kappa shape index (κ1) is 18.9. The van der Waals surface area contributed by atoms with Gasteiger partial charge < -0.3 is 16.4 Å². The molecule has 25 heavy (non-hydrogen) atoms. The fourth-order valence-corrected chi connectivity index (χ4v) is 2.90. The second-order valence-electron chi connectivity index (χ2n) is 5.49. The van der Waals surface area contributed by atoms with Crippen molar-refractivity contribution in [1.82, 2.24) is 5.32 Å². The van der Waals surface area contributed by atoms with Crippen LogP contribution in [0.4, 0.5) is 5.69 Å². The lowest BCUT2D eigenvalue weighted by Crippen LogP contribution is -2.46. The molecule has 0 fully saturated rings. The first-order chi connectivity index (χ1) is 11.9. The number of carbonyl (C=O) groups is 3. The molecule has 4 N–H and O–H groups in total. The number of nitrogens with two attached hydrogens (primary N) is 1. The van der Waals surface area contributed by atoms with E-state index >= 15 is 0 Å². The van der Waals surface area contributed by atoms with Gasteiger partial charge in [0.15, 0.2) is 0 Å². The van der Waals surface area contributed by atoms with Crippen molar-refractivity contribution in [2.24, 2.45) is 5.73 Å². The lowest BCUT2D eigenvalue weighted by atomic mass is 10.0. The Morgan fingerprint density at radius 2 is 1.84 bits per heavy atom. The molecule has 130 valence electrons. The molecule has 0 saturated carbocycles. The summed E-state index contributed by atoms with van der Waals surface area (Å²) in [5, 5.41) is 5.27. The van der Waals surface area contributed by atoms with Crippen LogP contribution in [0.25, 0.3) is 0 Å². The second-order valence-corrected chi connectivity index (χ2v) is 6.65. The molecule has 0 aliphatic heterocycles. The van der Waals surface area contributed by atoms with Gasteiger partial charge in [-0.15, -0.1) is 0 Å². The summed E-state index contributed by atoms with van der Waals surface area (Å²) >= 11 is 2.17. The van der Waals surface area contributed by atoms with Crippen LogP contribution in [0.15, 0.2) is 48.5 Å². The molecule has 0 bridgehead atoms. The molecular weight excluding hydrogens is 433 g/mol. The Morgan fingerprint density at radius 1 is 1.12 bits per heavy atom. The lowest BCUT2D eigenvalue weighted by molar-refractivity contribution is -0.119. The average Bonchev–Trinajstić information content (AvgIpc) is 2.55. The highest BCUT2D eigenvalue weighted by molar-refractivity contribution is 14.1. The van der Waals surface area contributed by atoms with E-state index in [1.54, 1.807) is 24.3 Å². The molecule has 0 aliphatic carbocycles. The minimum atomic E-state index is -0.826. The number of primary amides is 1. The van der Waals surface area contributed by atoms with Crippen molar-refractivity contribution in [3.63, 3.8) is 0 Å². The molecule has 0 aliphatic rings. The maximum atomic E-state index is 12.4. The predicted molar refractivity (Wildman–Crippen MR) is 104 cm³/mol. The van der Waals surface area contributed by atoms with Crippen molar-refractivity contribution in [2.45, 2.75) is 19.4 Å². The minimum Gasteiger partial charge on any atom is -0.368 e. The van der Waals surface area contributed by atoms with Gasteiger partial charge in [0.05, 0.1) is 0 Å². The van der Waals surface area contributed by atoms with Crippen LogP contribution >= 0.6 is 22.6 Å². The zero-order chi connectivity index (χ0) is 18.4. The molecule has 7 heteroatoms. The molecule has 3 amide bonds. The predicted octanol–water partition coefficient (Wildman–Crippen LogP) is 2.08. The van der Waals surface area contributed by atoms with Crippen molar-refractivity contribution < 1.29 is 14.4 Å². The molecule has 0 spiro atoms. The average molecular weight is 451 g/mol. The monoisotopic (exact) mass is 451 g/mol. The Kier molecular flexibility index (Phi) is 6.51. The Bertz CT molecular complexity index is 808. The van der Waals surface area contributed by atoms with Gasteiger partial charge >= 0.3 is 0 Å². The highest BCUT2D eigenvalue weighted by Crippen LogP contribution is 2.15. The van der Waals surface area contributed by atoms with E-state index in [1.165, 1.54) is 6.92 Å². The van der Waals surface area contributed by atoms with Gasteiger partial charge in [0.1, 0.15) is 6.04 Å². The number of benzene rings is 2. The van der Waals surface area contributed by atoms with Crippen molar-refractivity contribution in [3.05, 3.63) is 63.2 Å². The fraction of sp³-hybridized carbons (Fsp3) is 0.167. The first-order valence-electron chi connectivity index (χ1n) is 7.58. The Labute approximate surface area is 159 Å². The molecular formula is C18H18IN3O3. The van der Waals surface area contributed by atoms with Gasteiger partial charge in [0.2, 0.25) is 11.8 Å². The van der Waals surface area contributed by atoms with Crippen LogP contribution in [0.1, 0.15) is 22.8 Å². The summed E-state index contributed by atoms with van der Waals surface area (Å²) in [5.41, 5.74) is 7.21. The van der Waals surface area contributed by atoms with Crippen molar-refractivity contribution in [2.75, 3.05) is 5.32 Å². The van der Waals surface area contributed by atoms with Gasteiger partial charge in [-0.05, 0) is 52.4 Å². The number of hydrogen-bond acceptors (Lipinski definition) is 3. The Balaban J connectivity index is 2.14. The highest BCUT2D eigenvalue weighted by atomic mass is 127. The maximum absolute atomic E-state index is 12.4. The quantitative estimate of drug-likeness (QED) is 0.587. The van der Waals surface area contributed by atoms with Gasteiger partial charge in [-0.25, -0.2) is 0 Å². The summed E-state index contributed by atoms with van der Waals surface area (Å²) in [6, 6.07) is 13.2. The molecule has 1 atom stereocenters. The highest BCUT2D eigenvalue weighted by Gasteiger charge is 2.20.